The normalized spacial score (nSPS) is 11.0. The van der Waals surface area contributed by atoms with Gasteiger partial charge in [0.1, 0.15) is 0 Å². The fourth-order valence-electron chi connectivity index (χ4n) is 2.90. The topological polar surface area (TPSA) is 89.9 Å². The molecule has 7 nitrogen and oxygen atoms in total. The molecular formula is C24H25N3O4S. The molecule has 3 aromatic rings. The summed E-state index contributed by atoms with van der Waals surface area (Å²) < 4.78 is 10.2. The SMILES string of the molecule is CCOC(=O)Cc1csc(NN=Cc2ccccc2-c2ccc(C(=O)OC(C)C)cc2)n1. The van der Waals surface area contributed by atoms with Gasteiger partial charge in [0.2, 0.25) is 5.13 Å². The number of thiazole rings is 1. The van der Waals surface area contributed by atoms with Crippen molar-refractivity contribution >= 4 is 34.6 Å². The van der Waals surface area contributed by atoms with Crippen LogP contribution in [0.5, 0.6) is 0 Å². The number of nitrogens with zero attached hydrogens (tertiary/aromatic N) is 2. The molecule has 1 heterocycles. The van der Waals surface area contributed by atoms with Gasteiger partial charge in [0.25, 0.3) is 0 Å². The number of hydrogen-bond acceptors (Lipinski definition) is 8. The molecule has 0 atom stereocenters. The molecule has 0 aliphatic heterocycles. The Bertz CT molecular complexity index is 1090. The van der Waals surface area contributed by atoms with Crippen molar-refractivity contribution < 1.29 is 19.1 Å². The Hall–Kier alpha value is -3.52. The second-order valence-corrected chi connectivity index (χ2v) is 7.97. The Kier molecular flexibility index (Phi) is 8.10. The van der Waals surface area contributed by atoms with Crippen molar-refractivity contribution in [1.82, 2.24) is 4.98 Å². The van der Waals surface area contributed by atoms with Crippen LogP contribution >= 0.6 is 11.3 Å². The minimum atomic E-state index is -0.337. The zero-order chi connectivity index (χ0) is 22.9. The maximum Gasteiger partial charge on any atom is 0.338 e. The van der Waals surface area contributed by atoms with Crippen LogP contribution in [0.4, 0.5) is 5.13 Å². The first kappa shape index (κ1) is 23.1. The van der Waals surface area contributed by atoms with Gasteiger partial charge in [0.15, 0.2) is 0 Å². The minimum absolute atomic E-state index is 0.138. The van der Waals surface area contributed by atoms with Crippen LogP contribution in [0.25, 0.3) is 11.1 Å². The van der Waals surface area contributed by atoms with Gasteiger partial charge in [-0.1, -0.05) is 36.4 Å². The Balaban J connectivity index is 1.68. The molecular weight excluding hydrogens is 426 g/mol. The van der Waals surface area contributed by atoms with E-state index in [0.717, 1.165) is 16.7 Å². The van der Waals surface area contributed by atoms with Gasteiger partial charge in [-0.2, -0.15) is 5.10 Å². The molecule has 0 aliphatic carbocycles. The number of anilines is 1. The van der Waals surface area contributed by atoms with Crippen LogP contribution in [-0.2, 0) is 20.7 Å². The number of carbonyl (C=O) groups excluding carboxylic acids is 2. The van der Waals surface area contributed by atoms with Gasteiger partial charge in [-0.15, -0.1) is 11.3 Å². The van der Waals surface area contributed by atoms with E-state index in [1.54, 1.807) is 30.7 Å². The number of hydrogen-bond donors (Lipinski definition) is 1. The molecule has 32 heavy (non-hydrogen) atoms. The van der Waals surface area contributed by atoms with Crippen LogP contribution < -0.4 is 5.43 Å². The molecule has 0 fully saturated rings. The van der Waals surface area contributed by atoms with Crippen LogP contribution in [0.15, 0.2) is 59.0 Å². The van der Waals surface area contributed by atoms with E-state index >= 15 is 0 Å². The predicted octanol–water partition coefficient (Wildman–Crippen LogP) is 4.93. The molecule has 0 radical (unpaired) electrons. The van der Waals surface area contributed by atoms with E-state index in [1.165, 1.54) is 11.3 Å². The summed E-state index contributed by atoms with van der Waals surface area (Å²) in [4.78, 5) is 28.0. The van der Waals surface area contributed by atoms with Crippen LogP contribution in [0, 0.1) is 0 Å². The fraction of sp³-hybridized carbons (Fsp3) is 0.250. The third-order valence-corrected chi connectivity index (χ3v) is 5.08. The molecule has 0 spiro atoms. The maximum absolute atomic E-state index is 12.1. The molecule has 0 unspecified atom stereocenters. The summed E-state index contributed by atoms with van der Waals surface area (Å²) in [5.74, 6) is -0.637. The van der Waals surface area contributed by atoms with Gasteiger partial charge in [-0.3, -0.25) is 10.2 Å². The highest BCUT2D eigenvalue weighted by Gasteiger charge is 2.11. The first-order valence-corrected chi connectivity index (χ1v) is 11.1. The summed E-state index contributed by atoms with van der Waals surface area (Å²) in [5.41, 5.74) is 6.89. The summed E-state index contributed by atoms with van der Waals surface area (Å²) in [6, 6.07) is 15.1. The van der Waals surface area contributed by atoms with E-state index in [1.807, 2.05) is 50.2 Å². The number of benzene rings is 2. The first-order valence-electron chi connectivity index (χ1n) is 10.3. The van der Waals surface area contributed by atoms with Gasteiger partial charge < -0.3 is 9.47 Å². The number of carbonyl (C=O) groups is 2. The van der Waals surface area contributed by atoms with Gasteiger partial charge in [-0.05, 0) is 44.0 Å². The lowest BCUT2D eigenvalue weighted by Crippen LogP contribution is -2.11. The average molecular weight is 452 g/mol. The van der Waals surface area contributed by atoms with E-state index in [2.05, 4.69) is 15.5 Å². The van der Waals surface area contributed by atoms with Crippen LogP contribution in [-0.4, -0.2) is 35.8 Å². The quantitative estimate of drug-likeness (QED) is 0.282. The van der Waals surface area contributed by atoms with Crippen molar-refractivity contribution in [3.63, 3.8) is 0 Å². The smallest absolute Gasteiger partial charge is 0.338 e. The lowest BCUT2D eigenvalue weighted by molar-refractivity contribution is -0.142. The molecule has 166 valence electrons. The highest BCUT2D eigenvalue weighted by atomic mass is 32.1. The van der Waals surface area contributed by atoms with E-state index in [0.29, 0.717) is 23.0 Å². The average Bonchev–Trinajstić information content (AvgIpc) is 3.21. The van der Waals surface area contributed by atoms with Crippen molar-refractivity contribution in [2.24, 2.45) is 5.10 Å². The Morgan fingerprint density at radius 2 is 1.91 bits per heavy atom. The molecule has 1 N–H and O–H groups in total. The van der Waals surface area contributed by atoms with Gasteiger partial charge in [0, 0.05) is 10.9 Å². The Morgan fingerprint density at radius 1 is 1.16 bits per heavy atom. The molecule has 1 aromatic heterocycles. The predicted molar refractivity (Wildman–Crippen MR) is 126 cm³/mol. The van der Waals surface area contributed by atoms with E-state index in [9.17, 15) is 9.59 Å². The van der Waals surface area contributed by atoms with Crippen molar-refractivity contribution in [2.45, 2.75) is 33.3 Å². The van der Waals surface area contributed by atoms with E-state index in [-0.39, 0.29) is 24.5 Å². The number of nitrogens with one attached hydrogen (secondary N) is 1. The maximum atomic E-state index is 12.1. The summed E-state index contributed by atoms with van der Waals surface area (Å²) in [7, 11) is 0. The van der Waals surface area contributed by atoms with Crippen LogP contribution in [0.3, 0.4) is 0 Å². The third kappa shape index (κ3) is 6.49. The number of esters is 2. The summed E-state index contributed by atoms with van der Waals surface area (Å²) in [6.45, 7) is 5.77. The van der Waals surface area contributed by atoms with Gasteiger partial charge in [-0.25, -0.2) is 9.78 Å². The molecule has 0 bridgehead atoms. The van der Waals surface area contributed by atoms with Crippen molar-refractivity contribution in [1.29, 1.82) is 0 Å². The van der Waals surface area contributed by atoms with Gasteiger partial charge >= 0.3 is 11.9 Å². The lowest BCUT2D eigenvalue weighted by Gasteiger charge is -2.09. The number of ether oxygens (including phenoxy) is 2. The van der Waals surface area contributed by atoms with Crippen LogP contribution in [0.2, 0.25) is 0 Å². The second-order valence-electron chi connectivity index (χ2n) is 7.11. The molecule has 2 aromatic carbocycles. The first-order chi connectivity index (χ1) is 15.5. The zero-order valence-corrected chi connectivity index (χ0v) is 19.0. The Morgan fingerprint density at radius 3 is 2.62 bits per heavy atom. The molecule has 0 saturated carbocycles. The summed E-state index contributed by atoms with van der Waals surface area (Å²) in [5, 5.41) is 6.68. The van der Waals surface area contributed by atoms with E-state index < -0.39 is 0 Å². The Labute approximate surface area is 191 Å². The molecule has 3 rings (SSSR count). The highest BCUT2D eigenvalue weighted by Crippen LogP contribution is 2.24. The van der Waals surface area contributed by atoms with E-state index in [4.69, 9.17) is 9.47 Å². The highest BCUT2D eigenvalue weighted by molar-refractivity contribution is 7.13. The summed E-state index contributed by atoms with van der Waals surface area (Å²) >= 11 is 1.37. The molecule has 0 amide bonds. The second kappa shape index (κ2) is 11.2. The van der Waals surface area contributed by atoms with Crippen molar-refractivity contribution in [3.8, 4) is 11.1 Å². The minimum Gasteiger partial charge on any atom is -0.466 e. The third-order valence-electron chi connectivity index (χ3n) is 4.28. The van der Waals surface area contributed by atoms with Gasteiger partial charge in [0.05, 0.1) is 36.6 Å². The lowest BCUT2D eigenvalue weighted by atomic mass is 9.99. The number of aromatic nitrogens is 1. The zero-order valence-electron chi connectivity index (χ0n) is 18.2. The van der Waals surface area contributed by atoms with Crippen molar-refractivity contribution in [2.75, 3.05) is 12.0 Å². The summed E-state index contributed by atoms with van der Waals surface area (Å²) in [6.07, 6.45) is 1.69. The molecule has 0 saturated heterocycles. The van der Waals surface area contributed by atoms with Crippen molar-refractivity contribution in [3.05, 3.63) is 70.7 Å². The monoisotopic (exact) mass is 451 g/mol. The molecule has 0 aliphatic rings. The fourth-order valence-corrected chi connectivity index (χ4v) is 3.56. The molecule has 8 heteroatoms. The number of rotatable bonds is 9. The number of hydrazone groups is 1. The van der Waals surface area contributed by atoms with Crippen LogP contribution in [0.1, 0.15) is 42.4 Å². The largest absolute Gasteiger partial charge is 0.466 e. The standard InChI is InChI=1S/C24H25N3O4S/c1-4-30-22(28)13-20-15-32-24(26-20)27-25-14-19-7-5-6-8-21(19)17-9-11-18(12-10-17)23(29)31-16(2)3/h5-12,14-16H,4,13H2,1-3H3,(H,26,27).